The Kier molecular flexibility index (Phi) is 3.06. The number of hydrogen-bond donors (Lipinski definition) is 2. The summed E-state index contributed by atoms with van der Waals surface area (Å²) in [5, 5.41) is 13.2. The zero-order valence-corrected chi connectivity index (χ0v) is 8.67. The van der Waals surface area contributed by atoms with Crippen LogP contribution in [0, 0.1) is 5.92 Å². The molecule has 1 heterocycles. The first-order valence-electron chi connectivity index (χ1n) is 4.88. The van der Waals surface area contributed by atoms with Gasteiger partial charge in [0.2, 0.25) is 0 Å². The lowest BCUT2D eigenvalue weighted by atomic mass is 9.90. The standard InChI is InChI=1S/C11H14ClNO/c12-10-3-1-8(2-4-10)11-6-13-5-9(11)7-14/h1-4,9,11,13-14H,5-7H2/t9-,11-/m1/s1. The van der Waals surface area contributed by atoms with Gasteiger partial charge in [-0.25, -0.2) is 0 Å². The molecule has 1 aromatic carbocycles. The molecule has 76 valence electrons. The molecule has 2 atom stereocenters. The Bertz CT molecular complexity index is 299. The fourth-order valence-corrected chi connectivity index (χ4v) is 2.15. The zero-order valence-electron chi connectivity index (χ0n) is 7.91. The molecule has 2 nitrogen and oxygen atoms in total. The summed E-state index contributed by atoms with van der Waals surface area (Å²) in [4.78, 5) is 0. The topological polar surface area (TPSA) is 32.3 Å². The van der Waals surface area contributed by atoms with Crippen LogP contribution in [0.25, 0.3) is 0 Å². The lowest BCUT2D eigenvalue weighted by Crippen LogP contribution is -2.14. The first kappa shape index (κ1) is 9.97. The minimum atomic E-state index is 0.250. The van der Waals surface area contributed by atoms with Crippen LogP contribution in [0.15, 0.2) is 24.3 Å². The first-order valence-corrected chi connectivity index (χ1v) is 5.26. The van der Waals surface area contributed by atoms with Crippen LogP contribution in [0.1, 0.15) is 11.5 Å². The molecule has 0 saturated carbocycles. The van der Waals surface area contributed by atoms with Crippen molar-refractivity contribution in [2.75, 3.05) is 19.7 Å². The minimum Gasteiger partial charge on any atom is -0.396 e. The van der Waals surface area contributed by atoms with Crippen LogP contribution in [0.2, 0.25) is 5.02 Å². The van der Waals surface area contributed by atoms with Crippen LogP contribution in [0.4, 0.5) is 0 Å². The van der Waals surface area contributed by atoms with Gasteiger partial charge in [0.25, 0.3) is 0 Å². The Balaban J connectivity index is 2.17. The summed E-state index contributed by atoms with van der Waals surface area (Å²) in [6, 6.07) is 7.90. The van der Waals surface area contributed by atoms with Crippen LogP contribution in [-0.2, 0) is 0 Å². The van der Waals surface area contributed by atoms with E-state index in [1.54, 1.807) is 0 Å². The van der Waals surface area contributed by atoms with Crippen molar-refractivity contribution in [2.45, 2.75) is 5.92 Å². The van der Waals surface area contributed by atoms with Crippen LogP contribution in [-0.4, -0.2) is 24.8 Å². The molecular formula is C11H14ClNO. The molecule has 3 heteroatoms. The Morgan fingerprint density at radius 1 is 1.29 bits per heavy atom. The molecule has 2 rings (SSSR count). The third-order valence-corrected chi connectivity index (χ3v) is 3.12. The fourth-order valence-electron chi connectivity index (χ4n) is 2.02. The van der Waals surface area contributed by atoms with Gasteiger partial charge in [0.15, 0.2) is 0 Å². The predicted molar refractivity (Wildman–Crippen MR) is 57.6 cm³/mol. The highest BCUT2D eigenvalue weighted by Gasteiger charge is 2.27. The van der Waals surface area contributed by atoms with Crippen molar-refractivity contribution in [1.29, 1.82) is 0 Å². The summed E-state index contributed by atoms with van der Waals surface area (Å²) >= 11 is 5.82. The molecule has 0 unspecified atom stereocenters. The monoisotopic (exact) mass is 211 g/mol. The summed E-state index contributed by atoms with van der Waals surface area (Å²) in [5.74, 6) is 0.772. The van der Waals surface area contributed by atoms with Crippen LogP contribution < -0.4 is 5.32 Å². The van der Waals surface area contributed by atoms with Gasteiger partial charge in [0.1, 0.15) is 0 Å². The van der Waals surface area contributed by atoms with E-state index < -0.39 is 0 Å². The summed E-state index contributed by atoms with van der Waals surface area (Å²) in [6.07, 6.45) is 0. The molecule has 1 fully saturated rings. The smallest absolute Gasteiger partial charge is 0.0477 e. The Hall–Kier alpha value is -0.570. The Labute approximate surface area is 88.9 Å². The van der Waals surface area contributed by atoms with Crippen LogP contribution in [0.3, 0.4) is 0 Å². The highest BCUT2D eigenvalue weighted by atomic mass is 35.5. The second-order valence-electron chi connectivity index (χ2n) is 3.76. The third kappa shape index (κ3) is 1.92. The third-order valence-electron chi connectivity index (χ3n) is 2.87. The maximum Gasteiger partial charge on any atom is 0.0477 e. The first-order chi connectivity index (χ1) is 6.81. The molecule has 0 bridgehead atoms. The number of rotatable bonds is 2. The van der Waals surface area contributed by atoms with E-state index in [0.29, 0.717) is 11.8 Å². The van der Waals surface area contributed by atoms with Crippen molar-refractivity contribution in [3.63, 3.8) is 0 Å². The highest BCUT2D eigenvalue weighted by Crippen LogP contribution is 2.28. The molecule has 0 aromatic heterocycles. The number of nitrogens with one attached hydrogen (secondary N) is 1. The average molecular weight is 212 g/mol. The molecule has 1 aliphatic rings. The number of hydrogen-bond acceptors (Lipinski definition) is 2. The fraction of sp³-hybridized carbons (Fsp3) is 0.455. The number of benzene rings is 1. The molecule has 0 amide bonds. The largest absolute Gasteiger partial charge is 0.396 e. The maximum atomic E-state index is 9.19. The molecule has 2 N–H and O–H groups in total. The molecule has 14 heavy (non-hydrogen) atoms. The second-order valence-corrected chi connectivity index (χ2v) is 4.20. The van der Waals surface area contributed by atoms with Crippen molar-refractivity contribution in [3.05, 3.63) is 34.9 Å². The minimum absolute atomic E-state index is 0.250. The van der Waals surface area contributed by atoms with Gasteiger partial charge in [-0.2, -0.15) is 0 Å². The molecule has 0 radical (unpaired) electrons. The van der Waals surface area contributed by atoms with E-state index in [0.717, 1.165) is 18.1 Å². The van der Waals surface area contributed by atoms with E-state index in [9.17, 15) is 5.11 Å². The molecule has 1 aromatic rings. The van der Waals surface area contributed by atoms with Gasteiger partial charge in [-0.15, -0.1) is 0 Å². The van der Waals surface area contributed by atoms with E-state index in [1.807, 2.05) is 24.3 Å². The summed E-state index contributed by atoms with van der Waals surface area (Å²) in [6.45, 7) is 2.11. The van der Waals surface area contributed by atoms with Crippen molar-refractivity contribution in [1.82, 2.24) is 5.32 Å². The normalized spacial score (nSPS) is 26.7. The molecule has 1 saturated heterocycles. The molecule has 1 aliphatic heterocycles. The van der Waals surface area contributed by atoms with E-state index in [2.05, 4.69) is 5.32 Å². The quantitative estimate of drug-likeness (QED) is 0.780. The summed E-state index contributed by atoms with van der Waals surface area (Å²) in [5.41, 5.74) is 1.26. The average Bonchev–Trinajstić information content (AvgIpc) is 2.67. The SMILES string of the molecule is OC[C@H]1CNC[C@@H]1c1ccc(Cl)cc1. The zero-order chi connectivity index (χ0) is 9.97. The number of aliphatic hydroxyl groups is 1. The van der Waals surface area contributed by atoms with Gasteiger partial charge in [-0.3, -0.25) is 0 Å². The van der Waals surface area contributed by atoms with Crippen molar-refractivity contribution < 1.29 is 5.11 Å². The molecule has 0 aliphatic carbocycles. The Morgan fingerprint density at radius 2 is 2.00 bits per heavy atom. The second kappa shape index (κ2) is 4.30. The van der Waals surface area contributed by atoms with Gasteiger partial charge in [-0.1, -0.05) is 23.7 Å². The molecule has 0 spiro atoms. The molecular weight excluding hydrogens is 198 g/mol. The van der Waals surface area contributed by atoms with Gasteiger partial charge in [0, 0.05) is 36.6 Å². The summed E-state index contributed by atoms with van der Waals surface area (Å²) < 4.78 is 0. The van der Waals surface area contributed by atoms with E-state index in [1.165, 1.54) is 5.56 Å². The van der Waals surface area contributed by atoms with E-state index in [4.69, 9.17) is 11.6 Å². The van der Waals surface area contributed by atoms with Crippen molar-refractivity contribution in [2.24, 2.45) is 5.92 Å². The van der Waals surface area contributed by atoms with Crippen LogP contribution in [0.5, 0.6) is 0 Å². The van der Waals surface area contributed by atoms with Gasteiger partial charge < -0.3 is 10.4 Å². The van der Waals surface area contributed by atoms with Crippen LogP contribution >= 0.6 is 11.6 Å². The van der Waals surface area contributed by atoms with E-state index >= 15 is 0 Å². The van der Waals surface area contributed by atoms with Gasteiger partial charge >= 0.3 is 0 Å². The Morgan fingerprint density at radius 3 is 2.64 bits per heavy atom. The van der Waals surface area contributed by atoms with E-state index in [-0.39, 0.29) is 6.61 Å². The predicted octanol–water partition coefficient (Wildman–Crippen LogP) is 1.64. The lowest BCUT2D eigenvalue weighted by Gasteiger charge is -2.16. The highest BCUT2D eigenvalue weighted by molar-refractivity contribution is 6.30. The summed E-state index contributed by atoms with van der Waals surface area (Å²) in [7, 11) is 0. The number of aliphatic hydroxyl groups excluding tert-OH is 1. The number of halogens is 1. The van der Waals surface area contributed by atoms with Crippen molar-refractivity contribution in [3.8, 4) is 0 Å². The van der Waals surface area contributed by atoms with Gasteiger partial charge in [-0.05, 0) is 17.7 Å². The van der Waals surface area contributed by atoms with Gasteiger partial charge in [0.05, 0.1) is 0 Å². The lowest BCUT2D eigenvalue weighted by molar-refractivity contribution is 0.226. The maximum absolute atomic E-state index is 9.19. The van der Waals surface area contributed by atoms with Crippen molar-refractivity contribution >= 4 is 11.6 Å².